The molecule has 2 heteroatoms. The van der Waals surface area contributed by atoms with Crippen LogP contribution in [0.1, 0.15) is 50.7 Å². The van der Waals surface area contributed by atoms with E-state index >= 15 is 0 Å². The summed E-state index contributed by atoms with van der Waals surface area (Å²) >= 11 is 5.46. The van der Waals surface area contributed by atoms with E-state index in [1.807, 2.05) is 11.3 Å². The highest BCUT2D eigenvalue weighted by atomic mass is 79.9. The van der Waals surface area contributed by atoms with Crippen molar-refractivity contribution in [1.82, 2.24) is 0 Å². The Balaban J connectivity index is 2.03. The van der Waals surface area contributed by atoms with Gasteiger partial charge in [0.05, 0.1) is 3.79 Å². The fourth-order valence-electron chi connectivity index (χ4n) is 4.69. The maximum absolute atomic E-state index is 3.63. The Morgan fingerprint density at radius 1 is 0.800 bits per heavy atom. The van der Waals surface area contributed by atoms with E-state index in [0.29, 0.717) is 0 Å². The number of benzene rings is 2. The van der Waals surface area contributed by atoms with Gasteiger partial charge < -0.3 is 0 Å². The smallest absolute Gasteiger partial charge is 0.0705 e. The summed E-state index contributed by atoms with van der Waals surface area (Å²) in [6.07, 6.45) is 4.87. The lowest BCUT2D eigenvalue weighted by Gasteiger charge is -2.32. The molecule has 0 radical (unpaired) electrons. The van der Waals surface area contributed by atoms with Gasteiger partial charge in [0, 0.05) is 10.3 Å². The Labute approximate surface area is 163 Å². The molecule has 3 aromatic rings. The fourth-order valence-corrected chi connectivity index (χ4v) is 6.10. The van der Waals surface area contributed by atoms with E-state index in [9.17, 15) is 0 Å². The Morgan fingerprint density at radius 2 is 1.48 bits per heavy atom. The first kappa shape index (κ1) is 17.1. The third-order valence-electron chi connectivity index (χ3n) is 5.48. The van der Waals surface area contributed by atoms with Crippen molar-refractivity contribution in [1.29, 1.82) is 0 Å². The minimum Gasteiger partial charge on any atom is -0.128 e. The summed E-state index contributed by atoms with van der Waals surface area (Å²) in [4.78, 5) is 1.35. The zero-order valence-electron chi connectivity index (χ0n) is 14.8. The molecule has 0 saturated heterocycles. The van der Waals surface area contributed by atoms with Crippen LogP contribution in [-0.4, -0.2) is 0 Å². The van der Waals surface area contributed by atoms with Crippen molar-refractivity contribution >= 4 is 27.3 Å². The van der Waals surface area contributed by atoms with Gasteiger partial charge in [0.2, 0.25) is 0 Å². The zero-order valence-corrected chi connectivity index (χ0v) is 17.2. The van der Waals surface area contributed by atoms with Crippen molar-refractivity contribution in [2.75, 3.05) is 0 Å². The summed E-state index contributed by atoms with van der Waals surface area (Å²) < 4.78 is 1.19. The second-order valence-electron chi connectivity index (χ2n) is 6.96. The molecule has 0 aliphatic heterocycles. The molecule has 0 saturated carbocycles. The highest BCUT2D eigenvalue weighted by molar-refractivity contribution is 9.11. The number of halogens is 1. The van der Waals surface area contributed by atoms with Crippen LogP contribution in [-0.2, 0) is 5.41 Å². The molecule has 0 atom stereocenters. The van der Waals surface area contributed by atoms with Gasteiger partial charge in [0.1, 0.15) is 0 Å². The van der Waals surface area contributed by atoms with E-state index in [0.717, 1.165) is 0 Å². The van der Waals surface area contributed by atoms with Crippen LogP contribution in [0.3, 0.4) is 0 Å². The van der Waals surface area contributed by atoms with E-state index in [-0.39, 0.29) is 5.41 Å². The van der Waals surface area contributed by atoms with Crippen LogP contribution >= 0.6 is 27.3 Å². The van der Waals surface area contributed by atoms with Gasteiger partial charge in [0.15, 0.2) is 0 Å². The average Bonchev–Trinajstić information content (AvgIpc) is 3.17. The molecule has 0 bridgehead atoms. The Bertz CT molecular complexity index is 900. The van der Waals surface area contributed by atoms with E-state index in [2.05, 4.69) is 84.4 Å². The molecule has 0 N–H and O–H groups in total. The molecule has 0 unspecified atom stereocenters. The summed E-state index contributed by atoms with van der Waals surface area (Å²) in [7, 11) is 0. The number of hydrogen-bond acceptors (Lipinski definition) is 1. The average molecular weight is 411 g/mol. The molecule has 1 heterocycles. The van der Waals surface area contributed by atoms with Gasteiger partial charge in [0.25, 0.3) is 0 Å². The summed E-state index contributed by atoms with van der Waals surface area (Å²) in [6, 6.07) is 20.4. The largest absolute Gasteiger partial charge is 0.128 e. The maximum atomic E-state index is 3.63. The van der Waals surface area contributed by atoms with Crippen LogP contribution in [0, 0.1) is 0 Å². The minimum atomic E-state index is 0.180. The SMILES string of the molecule is CCCC1(CCC)c2ccccc2-c2c(-c3ccc(Br)s3)cccc21. The number of thiophene rings is 1. The van der Waals surface area contributed by atoms with Crippen molar-refractivity contribution in [3.8, 4) is 21.6 Å². The van der Waals surface area contributed by atoms with E-state index in [1.54, 1.807) is 5.56 Å². The van der Waals surface area contributed by atoms with Crippen LogP contribution in [0.2, 0.25) is 0 Å². The first-order valence-electron chi connectivity index (χ1n) is 9.20. The molecular formula is C23H23BrS. The first-order chi connectivity index (χ1) is 12.2. The van der Waals surface area contributed by atoms with Crippen LogP contribution in [0.15, 0.2) is 58.4 Å². The fraction of sp³-hybridized carbons (Fsp3) is 0.304. The maximum Gasteiger partial charge on any atom is 0.0705 e. The van der Waals surface area contributed by atoms with Crippen LogP contribution in [0.5, 0.6) is 0 Å². The van der Waals surface area contributed by atoms with Gasteiger partial charge in [-0.25, -0.2) is 0 Å². The lowest BCUT2D eigenvalue weighted by atomic mass is 9.71. The summed E-state index contributed by atoms with van der Waals surface area (Å²) in [5.41, 5.74) is 7.56. The number of fused-ring (bicyclic) bond motifs is 3. The van der Waals surface area contributed by atoms with Crippen molar-refractivity contribution in [2.24, 2.45) is 0 Å². The van der Waals surface area contributed by atoms with Gasteiger partial charge in [-0.3, -0.25) is 0 Å². The number of rotatable bonds is 5. The van der Waals surface area contributed by atoms with Gasteiger partial charge in [-0.15, -0.1) is 11.3 Å². The third kappa shape index (κ3) is 2.62. The molecule has 4 rings (SSSR count). The monoisotopic (exact) mass is 410 g/mol. The second-order valence-corrected chi connectivity index (χ2v) is 9.42. The molecule has 1 aliphatic rings. The van der Waals surface area contributed by atoms with Gasteiger partial charge in [-0.2, -0.15) is 0 Å². The standard InChI is InChI=1S/C23H23BrS/c1-3-14-23(15-4-2)18-10-6-5-8-16(18)22-17(9-7-11-19(22)23)20-12-13-21(24)25-20/h5-13H,3-4,14-15H2,1-2H3. The van der Waals surface area contributed by atoms with Crippen molar-refractivity contribution in [2.45, 2.75) is 44.9 Å². The lowest BCUT2D eigenvalue weighted by molar-refractivity contribution is 0.436. The molecule has 0 amide bonds. The summed E-state index contributed by atoms with van der Waals surface area (Å²) in [6.45, 7) is 4.64. The Kier molecular flexibility index (Phi) is 4.59. The van der Waals surface area contributed by atoms with Crippen LogP contribution in [0.4, 0.5) is 0 Å². The molecule has 2 aromatic carbocycles. The lowest BCUT2D eigenvalue weighted by Crippen LogP contribution is -2.24. The summed E-state index contributed by atoms with van der Waals surface area (Å²) in [5.74, 6) is 0. The molecule has 0 fully saturated rings. The Morgan fingerprint density at radius 3 is 2.16 bits per heavy atom. The highest BCUT2D eigenvalue weighted by Gasteiger charge is 2.42. The number of hydrogen-bond donors (Lipinski definition) is 0. The quantitative estimate of drug-likeness (QED) is 0.398. The van der Waals surface area contributed by atoms with Crippen molar-refractivity contribution in [3.05, 3.63) is 69.5 Å². The first-order valence-corrected chi connectivity index (χ1v) is 10.8. The Hall–Kier alpha value is -1.38. The van der Waals surface area contributed by atoms with Crippen molar-refractivity contribution < 1.29 is 0 Å². The van der Waals surface area contributed by atoms with Gasteiger partial charge >= 0.3 is 0 Å². The van der Waals surface area contributed by atoms with Crippen molar-refractivity contribution in [3.63, 3.8) is 0 Å². The molecule has 0 nitrogen and oxygen atoms in total. The minimum absolute atomic E-state index is 0.180. The van der Waals surface area contributed by atoms with E-state index in [4.69, 9.17) is 0 Å². The van der Waals surface area contributed by atoms with E-state index < -0.39 is 0 Å². The normalized spacial score (nSPS) is 14.4. The van der Waals surface area contributed by atoms with Gasteiger partial charge in [-0.1, -0.05) is 69.2 Å². The molecule has 25 heavy (non-hydrogen) atoms. The molecular weight excluding hydrogens is 388 g/mol. The molecule has 1 aromatic heterocycles. The van der Waals surface area contributed by atoms with Gasteiger partial charge in [-0.05, 0) is 68.7 Å². The molecule has 128 valence electrons. The predicted molar refractivity (Wildman–Crippen MR) is 113 cm³/mol. The second kappa shape index (κ2) is 6.74. The van der Waals surface area contributed by atoms with E-state index in [1.165, 1.54) is 56.6 Å². The molecule has 1 aliphatic carbocycles. The highest BCUT2D eigenvalue weighted by Crippen LogP contribution is 2.56. The topological polar surface area (TPSA) is 0 Å². The third-order valence-corrected chi connectivity index (χ3v) is 7.14. The molecule has 0 spiro atoms. The van der Waals surface area contributed by atoms with Crippen LogP contribution < -0.4 is 0 Å². The summed E-state index contributed by atoms with van der Waals surface area (Å²) in [5, 5.41) is 0. The predicted octanol–water partition coefficient (Wildman–Crippen LogP) is 8.04. The zero-order chi connectivity index (χ0) is 17.4. The van der Waals surface area contributed by atoms with Crippen LogP contribution in [0.25, 0.3) is 21.6 Å².